The molecule has 1 aromatic rings. The normalized spacial score (nSPS) is 12.2. The zero-order valence-electron chi connectivity index (χ0n) is 9.27. The Kier molecular flexibility index (Phi) is 5.29. The molecule has 0 spiro atoms. The standard InChI is InChI=1S/C12H16ClNO2/c1-10(15)8-14(12(16)7-13)9-11-5-3-2-4-6-11/h2-6,10,15H,7-9H2,1H3/t10-/m0/s1. The number of hydrogen-bond acceptors (Lipinski definition) is 2. The van der Waals surface area contributed by atoms with Crippen molar-refractivity contribution in [1.29, 1.82) is 0 Å². The van der Waals surface area contributed by atoms with Gasteiger partial charge in [-0.15, -0.1) is 11.6 Å². The molecular formula is C12H16ClNO2. The summed E-state index contributed by atoms with van der Waals surface area (Å²) in [6.45, 7) is 2.44. The van der Waals surface area contributed by atoms with E-state index in [1.165, 1.54) is 0 Å². The van der Waals surface area contributed by atoms with Gasteiger partial charge >= 0.3 is 0 Å². The van der Waals surface area contributed by atoms with Crippen LogP contribution in [0.25, 0.3) is 0 Å². The Morgan fingerprint density at radius 1 is 1.44 bits per heavy atom. The maximum Gasteiger partial charge on any atom is 0.237 e. The first kappa shape index (κ1) is 13.0. The lowest BCUT2D eigenvalue weighted by atomic mass is 10.2. The predicted molar refractivity (Wildman–Crippen MR) is 64.3 cm³/mol. The molecule has 1 N–H and O–H groups in total. The molecule has 0 heterocycles. The second-order valence-electron chi connectivity index (χ2n) is 3.74. The summed E-state index contributed by atoms with van der Waals surface area (Å²) in [5.41, 5.74) is 1.03. The number of rotatable bonds is 5. The van der Waals surface area contributed by atoms with Crippen molar-refractivity contribution in [3.05, 3.63) is 35.9 Å². The topological polar surface area (TPSA) is 40.5 Å². The highest BCUT2D eigenvalue weighted by molar-refractivity contribution is 6.27. The first-order valence-corrected chi connectivity index (χ1v) is 5.72. The summed E-state index contributed by atoms with van der Waals surface area (Å²) in [6.07, 6.45) is -0.545. The molecule has 0 fully saturated rings. The highest BCUT2D eigenvalue weighted by atomic mass is 35.5. The molecular weight excluding hydrogens is 226 g/mol. The van der Waals surface area contributed by atoms with E-state index in [-0.39, 0.29) is 11.8 Å². The summed E-state index contributed by atoms with van der Waals surface area (Å²) in [6, 6.07) is 9.64. The third-order valence-corrected chi connectivity index (χ3v) is 2.40. The molecule has 4 heteroatoms. The molecule has 0 bridgehead atoms. The highest BCUT2D eigenvalue weighted by Crippen LogP contribution is 2.06. The predicted octanol–water partition coefficient (Wildman–Crippen LogP) is 1.63. The van der Waals surface area contributed by atoms with Crippen LogP contribution in [-0.2, 0) is 11.3 Å². The Hall–Kier alpha value is -1.06. The fourth-order valence-electron chi connectivity index (χ4n) is 1.46. The summed E-state index contributed by atoms with van der Waals surface area (Å²) in [5.74, 6) is -0.217. The van der Waals surface area contributed by atoms with E-state index in [1.54, 1.807) is 11.8 Å². The third kappa shape index (κ3) is 4.21. The first-order chi connectivity index (χ1) is 7.63. The molecule has 0 unspecified atom stereocenters. The third-order valence-electron chi connectivity index (χ3n) is 2.17. The molecule has 0 saturated carbocycles. The van der Waals surface area contributed by atoms with Crippen LogP contribution in [0.2, 0.25) is 0 Å². The monoisotopic (exact) mass is 241 g/mol. The van der Waals surface area contributed by atoms with Crippen molar-refractivity contribution in [2.45, 2.75) is 19.6 Å². The molecule has 0 radical (unpaired) electrons. The quantitative estimate of drug-likeness (QED) is 0.797. The molecule has 0 aliphatic heterocycles. The van der Waals surface area contributed by atoms with Crippen molar-refractivity contribution in [1.82, 2.24) is 4.90 Å². The van der Waals surface area contributed by atoms with Crippen LogP contribution in [-0.4, -0.2) is 34.4 Å². The lowest BCUT2D eigenvalue weighted by Gasteiger charge is -2.23. The molecule has 88 valence electrons. The Bertz CT molecular complexity index is 327. The molecule has 0 aliphatic carbocycles. The SMILES string of the molecule is C[C@H](O)CN(Cc1ccccc1)C(=O)CCl. The van der Waals surface area contributed by atoms with E-state index in [0.717, 1.165) is 5.56 Å². The number of aliphatic hydroxyl groups is 1. The lowest BCUT2D eigenvalue weighted by Crippen LogP contribution is -2.36. The largest absolute Gasteiger partial charge is 0.392 e. The van der Waals surface area contributed by atoms with Crippen LogP contribution in [0.3, 0.4) is 0 Å². The molecule has 0 aliphatic rings. The van der Waals surface area contributed by atoms with Gasteiger partial charge < -0.3 is 10.0 Å². The Labute approximate surface area is 101 Å². The molecule has 1 rings (SSSR count). The van der Waals surface area contributed by atoms with Gasteiger partial charge in [0.2, 0.25) is 5.91 Å². The minimum Gasteiger partial charge on any atom is -0.392 e. The number of halogens is 1. The van der Waals surface area contributed by atoms with Gasteiger partial charge in [-0.2, -0.15) is 0 Å². The fourth-order valence-corrected chi connectivity index (χ4v) is 1.63. The molecule has 1 amide bonds. The number of benzene rings is 1. The zero-order valence-corrected chi connectivity index (χ0v) is 10.0. The number of aliphatic hydroxyl groups excluding tert-OH is 1. The van der Waals surface area contributed by atoms with Gasteiger partial charge in [0.15, 0.2) is 0 Å². The van der Waals surface area contributed by atoms with Gasteiger partial charge in [0, 0.05) is 13.1 Å². The number of carbonyl (C=O) groups is 1. The van der Waals surface area contributed by atoms with Crippen LogP contribution in [0.4, 0.5) is 0 Å². The zero-order chi connectivity index (χ0) is 12.0. The summed E-state index contributed by atoms with van der Waals surface area (Å²) in [5, 5.41) is 9.31. The van der Waals surface area contributed by atoms with Crippen LogP contribution < -0.4 is 0 Å². The van der Waals surface area contributed by atoms with Crippen molar-refractivity contribution >= 4 is 17.5 Å². The van der Waals surface area contributed by atoms with Crippen LogP contribution in [0.5, 0.6) is 0 Å². The maximum atomic E-state index is 11.5. The van der Waals surface area contributed by atoms with E-state index < -0.39 is 6.10 Å². The number of carbonyl (C=O) groups excluding carboxylic acids is 1. The average Bonchev–Trinajstić information content (AvgIpc) is 2.28. The molecule has 16 heavy (non-hydrogen) atoms. The van der Waals surface area contributed by atoms with Gasteiger partial charge in [-0.1, -0.05) is 30.3 Å². The lowest BCUT2D eigenvalue weighted by molar-refractivity contribution is -0.130. The van der Waals surface area contributed by atoms with Gasteiger partial charge in [-0.3, -0.25) is 4.79 Å². The fraction of sp³-hybridized carbons (Fsp3) is 0.417. The Balaban J connectivity index is 2.67. The van der Waals surface area contributed by atoms with Crippen molar-refractivity contribution in [3.8, 4) is 0 Å². The molecule has 0 aromatic heterocycles. The van der Waals surface area contributed by atoms with Crippen LogP contribution in [0.15, 0.2) is 30.3 Å². The maximum absolute atomic E-state index is 11.5. The summed E-state index contributed by atoms with van der Waals surface area (Å²) in [4.78, 5) is 13.1. The Morgan fingerprint density at radius 2 is 2.06 bits per heavy atom. The summed E-state index contributed by atoms with van der Waals surface area (Å²) in [7, 11) is 0. The number of amides is 1. The van der Waals surface area contributed by atoms with Crippen molar-refractivity contribution in [3.63, 3.8) is 0 Å². The van der Waals surface area contributed by atoms with Gasteiger partial charge in [0.25, 0.3) is 0 Å². The van der Waals surface area contributed by atoms with E-state index in [4.69, 9.17) is 11.6 Å². The molecule has 1 atom stereocenters. The smallest absolute Gasteiger partial charge is 0.237 e. The number of hydrogen-bond donors (Lipinski definition) is 1. The average molecular weight is 242 g/mol. The van der Waals surface area contributed by atoms with E-state index in [9.17, 15) is 9.90 Å². The number of alkyl halides is 1. The van der Waals surface area contributed by atoms with Crippen LogP contribution in [0, 0.1) is 0 Å². The van der Waals surface area contributed by atoms with E-state index in [1.807, 2.05) is 30.3 Å². The Morgan fingerprint density at radius 3 is 2.56 bits per heavy atom. The minimum absolute atomic E-state index is 0.0560. The number of nitrogens with zero attached hydrogens (tertiary/aromatic N) is 1. The second-order valence-corrected chi connectivity index (χ2v) is 4.01. The minimum atomic E-state index is -0.545. The van der Waals surface area contributed by atoms with Crippen molar-refractivity contribution < 1.29 is 9.90 Å². The van der Waals surface area contributed by atoms with Crippen molar-refractivity contribution in [2.24, 2.45) is 0 Å². The van der Waals surface area contributed by atoms with Crippen molar-refractivity contribution in [2.75, 3.05) is 12.4 Å². The van der Waals surface area contributed by atoms with Crippen LogP contribution in [0.1, 0.15) is 12.5 Å². The first-order valence-electron chi connectivity index (χ1n) is 5.19. The highest BCUT2D eigenvalue weighted by Gasteiger charge is 2.14. The van der Waals surface area contributed by atoms with Gasteiger partial charge in [-0.25, -0.2) is 0 Å². The van der Waals surface area contributed by atoms with Gasteiger partial charge in [0.05, 0.1) is 6.10 Å². The van der Waals surface area contributed by atoms with Gasteiger partial charge in [-0.05, 0) is 12.5 Å². The van der Waals surface area contributed by atoms with Crippen LogP contribution >= 0.6 is 11.6 Å². The van der Waals surface area contributed by atoms with E-state index in [0.29, 0.717) is 13.1 Å². The second kappa shape index (κ2) is 6.51. The van der Waals surface area contributed by atoms with E-state index in [2.05, 4.69) is 0 Å². The summed E-state index contributed by atoms with van der Waals surface area (Å²) < 4.78 is 0. The van der Waals surface area contributed by atoms with E-state index >= 15 is 0 Å². The van der Waals surface area contributed by atoms with Gasteiger partial charge in [0.1, 0.15) is 5.88 Å². The molecule has 1 aromatic carbocycles. The molecule has 0 saturated heterocycles. The molecule has 3 nitrogen and oxygen atoms in total. The summed E-state index contributed by atoms with van der Waals surface area (Å²) >= 11 is 5.52.